The summed E-state index contributed by atoms with van der Waals surface area (Å²) >= 11 is 0. The number of fused-ring (bicyclic) bond motifs is 1. The Hall–Kier alpha value is -1.84. The van der Waals surface area contributed by atoms with Crippen molar-refractivity contribution in [3.8, 4) is 0 Å². The Morgan fingerprint density at radius 3 is 2.34 bits per heavy atom. The maximum Gasteiger partial charge on any atom is 0.255 e. The molecule has 1 atom stereocenters. The first-order valence-corrected chi connectivity index (χ1v) is 11.8. The molecule has 5 aliphatic rings. The molecule has 4 fully saturated rings. The van der Waals surface area contributed by atoms with Crippen LogP contribution in [0.15, 0.2) is 24.3 Å². The molecule has 1 heterocycles. The third-order valence-corrected chi connectivity index (χ3v) is 7.99. The minimum atomic E-state index is -0.451. The number of unbranched alkanes of at least 4 members (excludes halogenated alkanes) is 3. The number of hydrogen-bond donors (Lipinski definition) is 1. The highest BCUT2D eigenvalue weighted by Crippen LogP contribution is 2.55. The lowest BCUT2D eigenvalue weighted by atomic mass is 9.53. The van der Waals surface area contributed by atoms with Gasteiger partial charge >= 0.3 is 0 Å². The van der Waals surface area contributed by atoms with E-state index < -0.39 is 6.04 Å². The van der Waals surface area contributed by atoms with E-state index in [0.29, 0.717) is 12.1 Å². The topological polar surface area (TPSA) is 49.4 Å². The number of benzene rings is 1. The van der Waals surface area contributed by atoms with Gasteiger partial charge in [0.2, 0.25) is 5.91 Å². The van der Waals surface area contributed by atoms with E-state index in [0.717, 1.165) is 55.4 Å². The Morgan fingerprint density at radius 1 is 1.03 bits per heavy atom. The first-order chi connectivity index (χ1) is 14.1. The molecule has 1 aliphatic heterocycles. The van der Waals surface area contributed by atoms with Crippen LogP contribution in [0.4, 0.5) is 0 Å². The summed E-state index contributed by atoms with van der Waals surface area (Å²) in [6.45, 7) is 2.87. The van der Waals surface area contributed by atoms with E-state index in [1.54, 1.807) is 0 Å². The summed E-state index contributed by atoms with van der Waals surface area (Å²) in [5.41, 5.74) is 1.60. The second-order valence-electron chi connectivity index (χ2n) is 10.2. The highest BCUT2D eigenvalue weighted by atomic mass is 16.2. The molecule has 4 aliphatic carbocycles. The van der Waals surface area contributed by atoms with Gasteiger partial charge < -0.3 is 10.2 Å². The first-order valence-electron chi connectivity index (χ1n) is 11.8. The molecule has 2 amide bonds. The molecular formula is C25H34N2O2. The summed E-state index contributed by atoms with van der Waals surface area (Å²) in [7, 11) is 0. The van der Waals surface area contributed by atoms with Crippen LogP contribution in [0.1, 0.15) is 93.1 Å². The SMILES string of the molecule is CCCCCCN1C(=O)c2ccccc2C1C(=O)NC12CC3CC(CC(C3)C1)C2. The molecule has 156 valence electrons. The van der Waals surface area contributed by atoms with Gasteiger partial charge in [-0.1, -0.05) is 44.4 Å². The molecule has 29 heavy (non-hydrogen) atoms. The quantitative estimate of drug-likeness (QED) is 0.672. The van der Waals surface area contributed by atoms with Gasteiger partial charge in [-0.05, 0) is 74.3 Å². The predicted molar refractivity (Wildman–Crippen MR) is 113 cm³/mol. The number of nitrogens with one attached hydrogen (secondary N) is 1. The van der Waals surface area contributed by atoms with Crippen molar-refractivity contribution in [2.24, 2.45) is 17.8 Å². The van der Waals surface area contributed by atoms with E-state index in [2.05, 4.69) is 12.2 Å². The van der Waals surface area contributed by atoms with Crippen molar-refractivity contribution in [3.63, 3.8) is 0 Å². The Bertz CT molecular complexity index is 766. The van der Waals surface area contributed by atoms with Crippen LogP contribution in [-0.2, 0) is 4.79 Å². The molecule has 0 radical (unpaired) electrons. The number of hydrogen-bond acceptors (Lipinski definition) is 2. The first kappa shape index (κ1) is 19.1. The van der Waals surface area contributed by atoms with Crippen LogP contribution in [0.3, 0.4) is 0 Å². The lowest BCUT2D eigenvalue weighted by Crippen LogP contribution is -2.61. The number of rotatable bonds is 7. The third kappa shape index (κ3) is 3.39. The van der Waals surface area contributed by atoms with Crippen LogP contribution in [0.25, 0.3) is 0 Å². The smallest absolute Gasteiger partial charge is 0.255 e. The summed E-state index contributed by atoms with van der Waals surface area (Å²) in [5.74, 6) is 2.47. The standard InChI is InChI=1S/C25H34N2O2/c1-2-3-4-7-10-27-22(20-8-5-6-9-21(20)24(27)29)23(28)26-25-14-17-11-18(15-25)13-19(12-17)16-25/h5-6,8-9,17-19,22H,2-4,7,10-16H2,1H3,(H,26,28). The molecule has 0 spiro atoms. The summed E-state index contributed by atoms with van der Waals surface area (Å²) in [6, 6.07) is 7.27. The second kappa shape index (κ2) is 7.45. The van der Waals surface area contributed by atoms with Crippen molar-refractivity contribution < 1.29 is 9.59 Å². The number of amides is 2. The van der Waals surface area contributed by atoms with Crippen molar-refractivity contribution in [2.75, 3.05) is 6.54 Å². The zero-order valence-electron chi connectivity index (χ0n) is 17.7. The maximum atomic E-state index is 13.6. The molecule has 6 rings (SSSR count). The highest BCUT2D eigenvalue weighted by Gasteiger charge is 2.53. The van der Waals surface area contributed by atoms with Gasteiger partial charge in [0.1, 0.15) is 6.04 Å². The number of nitrogens with zero attached hydrogens (tertiary/aromatic N) is 1. The van der Waals surface area contributed by atoms with Crippen molar-refractivity contribution in [3.05, 3.63) is 35.4 Å². The number of carbonyl (C=O) groups excluding carboxylic acids is 2. The fourth-order valence-corrected chi connectivity index (χ4v) is 7.19. The zero-order valence-corrected chi connectivity index (χ0v) is 17.7. The molecular weight excluding hydrogens is 360 g/mol. The van der Waals surface area contributed by atoms with Crippen LogP contribution in [0.2, 0.25) is 0 Å². The average molecular weight is 395 g/mol. The van der Waals surface area contributed by atoms with Crippen LogP contribution >= 0.6 is 0 Å². The summed E-state index contributed by atoms with van der Waals surface area (Å²) < 4.78 is 0. The Kier molecular flexibility index (Phi) is 4.92. The fourth-order valence-electron chi connectivity index (χ4n) is 7.19. The van der Waals surface area contributed by atoms with E-state index in [-0.39, 0.29) is 17.4 Å². The lowest BCUT2D eigenvalue weighted by molar-refractivity contribution is -0.131. The zero-order chi connectivity index (χ0) is 20.0. The van der Waals surface area contributed by atoms with Crippen molar-refractivity contribution in [1.29, 1.82) is 0 Å². The predicted octanol–water partition coefficient (Wildman–Crippen LogP) is 4.85. The van der Waals surface area contributed by atoms with Gasteiger partial charge in [0.05, 0.1) is 0 Å². The Balaban J connectivity index is 1.36. The van der Waals surface area contributed by atoms with Gasteiger partial charge in [0.15, 0.2) is 0 Å². The van der Waals surface area contributed by atoms with Gasteiger partial charge in [-0.15, -0.1) is 0 Å². The van der Waals surface area contributed by atoms with Gasteiger partial charge in [0.25, 0.3) is 5.91 Å². The van der Waals surface area contributed by atoms with Crippen molar-refractivity contribution in [2.45, 2.75) is 82.7 Å². The lowest BCUT2D eigenvalue weighted by Gasteiger charge is -2.57. The van der Waals surface area contributed by atoms with Crippen LogP contribution < -0.4 is 5.32 Å². The van der Waals surface area contributed by atoms with E-state index in [4.69, 9.17) is 0 Å². The molecule has 1 N–H and O–H groups in total. The van der Waals surface area contributed by atoms with Crippen LogP contribution in [0.5, 0.6) is 0 Å². The third-order valence-electron chi connectivity index (χ3n) is 7.99. The van der Waals surface area contributed by atoms with Crippen LogP contribution in [-0.4, -0.2) is 28.8 Å². The van der Waals surface area contributed by atoms with Gasteiger partial charge in [-0.2, -0.15) is 0 Å². The molecule has 4 nitrogen and oxygen atoms in total. The van der Waals surface area contributed by atoms with E-state index >= 15 is 0 Å². The molecule has 4 heteroatoms. The second-order valence-corrected chi connectivity index (χ2v) is 10.2. The highest BCUT2D eigenvalue weighted by molar-refractivity contribution is 6.04. The summed E-state index contributed by atoms with van der Waals surface area (Å²) in [5, 5.41) is 3.53. The minimum Gasteiger partial charge on any atom is -0.349 e. The summed E-state index contributed by atoms with van der Waals surface area (Å²) in [6.07, 6.45) is 11.9. The monoisotopic (exact) mass is 394 g/mol. The molecule has 1 aromatic carbocycles. The van der Waals surface area contributed by atoms with Crippen LogP contribution in [0, 0.1) is 17.8 Å². The largest absolute Gasteiger partial charge is 0.349 e. The average Bonchev–Trinajstić information content (AvgIpc) is 2.96. The molecule has 0 saturated heterocycles. The number of carbonyl (C=O) groups is 2. The molecule has 1 unspecified atom stereocenters. The Morgan fingerprint density at radius 2 is 1.69 bits per heavy atom. The van der Waals surface area contributed by atoms with Gasteiger partial charge in [-0.3, -0.25) is 9.59 Å². The van der Waals surface area contributed by atoms with Crippen molar-refractivity contribution in [1.82, 2.24) is 10.2 Å². The van der Waals surface area contributed by atoms with Gasteiger partial charge in [0, 0.05) is 17.6 Å². The maximum absolute atomic E-state index is 13.6. The molecule has 4 bridgehead atoms. The van der Waals surface area contributed by atoms with Crippen molar-refractivity contribution >= 4 is 11.8 Å². The Labute approximate surface area is 174 Å². The van der Waals surface area contributed by atoms with Gasteiger partial charge in [-0.25, -0.2) is 0 Å². The molecule has 1 aromatic rings. The van der Waals surface area contributed by atoms with E-state index in [9.17, 15) is 9.59 Å². The molecule has 4 saturated carbocycles. The normalized spacial score (nSPS) is 34.5. The minimum absolute atomic E-state index is 0.0136. The fraction of sp³-hybridized carbons (Fsp3) is 0.680. The van der Waals surface area contributed by atoms with E-state index in [1.165, 1.54) is 32.1 Å². The summed E-state index contributed by atoms with van der Waals surface area (Å²) in [4.78, 5) is 28.6. The molecule has 0 aromatic heterocycles. The van der Waals surface area contributed by atoms with E-state index in [1.807, 2.05) is 29.2 Å².